The topological polar surface area (TPSA) is 92.2 Å². The Kier molecular flexibility index (Phi) is 4.67. The minimum atomic E-state index is -0.298. The molecule has 1 unspecified atom stereocenters. The number of anilines is 2. The zero-order valence-electron chi connectivity index (χ0n) is 11.4. The van der Waals surface area contributed by atoms with Crippen molar-refractivity contribution in [3.8, 4) is 6.01 Å². The Balaban J connectivity index is 2.23. The van der Waals surface area contributed by atoms with Gasteiger partial charge in [0.25, 0.3) is 0 Å². The van der Waals surface area contributed by atoms with Gasteiger partial charge >= 0.3 is 6.01 Å². The Morgan fingerprint density at radius 2 is 1.85 bits per heavy atom. The molecule has 2 aromatic rings. The van der Waals surface area contributed by atoms with Gasteiger partial charge in [0, 0.05) is 7.05 Å². The molecule has 1 aromatic heterocycles. The number of nitrogens with one attached hydrogen (secondary N) is 2. The molecular weight excluding hydrogens is 258 g/mol. The van der Waals surface area contributed by atoms with Crippen LogP contribution in [-0.2, 0) is 0 Å². The maximum atomic E-state index is 9.51. The number of methoxy groups -OCH3 is 1. The highest BCUT2D eigenvalue weighted by Gasteiger charge is 2.13. The number of aliphatic hydroxyl groups is 1. The van der Waals surface area contributed by atoms with Crippen LogP contribution in [0.2, 0.25) is 0 Å². The second-order valence-electron chi connectivity index (χ2n) is 4.01. The van der Waals surface area contributed by atoms with Gasteiger partial charge in [0.2, 0.25) is 11.9 Å². The van der Waals surface area contributed by atoms with E-state index < -0.39 is 0 Å². The number of hydrogen-bond donors (Lipinski definition) is 3. The van der Waals surface area contributed by atoms with E-state index in [9.17, 15) is 5.11 Å². The maximum Gasteiger partial charge on any atom is 0.322 e. The molecule has 0 spiro atoms. The second kappa shape index (κ2) is 6.67. The molecule has 1 heterocycles. The van der Waals surface area contributed by atoms with Gasteiger partial charge in [-0.2, -0.15) is 15.0 Å². The number of rotatable bonds is 6. The predicted molar refractivity (Wildman–Crippen MR) is 75.8 cm³/mol. The highest BCUT2D eigenvalue weighted by molar-refractivity contribution is 5.38. The Hall–Kier alpha value is -2.41. The van der Waals surface area contributed by atoms with Gasteiger partial charge in [0.05, 0.1) is 19.8 Å². The highest BCUT2D eigenvalue weighted by Crippen LogP contribution is 2.18. The van der Waals surface area contributed by atoms with Crippen molar-refractivity contribution in [1.82, 2.24) is 15.0 Å². The van der Waals surface area contributed by atoms with Gasteiger partial charge in [-0.15, -0.1) is 0 Å². The number of hydrogen-bond acceptors (Lipinski definition) is 7. The third-order valence-corrected chi connectivity index (χ3v) is 2.71. The lowest BCUT2D eigenvalue weighted by molar-refractivity contribution is 0.275. The Morgan fingerprint density at radius 1 is 1.15 bits per heavy atom. The molecular formula is C13H17N5O2. The summed E-state index contributed by atoms with van der Waals surface area (Å²) in [6, 6.07) is 9.49. The zero-order chi connectivity index (χ0) is 14.4. The van der Waals surface area contributed by atoms with E-state index in [1.54, 1.807) is 7.05 Å². The maximum absolute atomic E-state index is 9.51. The smallest absolute Gasteiger partial charge is 0.322 e. The van der Waals surface area contributed by atoms with Crippen LogP contribution in [0.25, 0.3) is 0 Å². The van der Waals surface area contributed by atoms with Crippen molar-refractivity contribution in [2.24, 2.45) is 0 Å². The largest absolute Gasteiger partial charge is 0.467 e. The van der Waals surface area contributed by atoms with E-state index in [0.29, 0.717) is 11.9 Å². The van der Waals surface area contributed by atoms with E-state index >= 15 is 0 Å². The molecule has 0 amide bonds. The minimum Gasteiger partial charge on any atom is -0.467 e. The molecule has 1 aromatic carbocycles. The molecule has 0 aliphatic rings. The molecule has 0 fully saturated rings. The van der Waals surface area contributed by atoms with Gasteiger partial charge < -0.3 is 20.5 Å². The van der Waals surface area contributed by atoms with Gasteiger partial charge in [0.1, 0.15) is 0 Å². The fraction of sp³-hybridized carbons (Fsp3) is 0.308. The quantitative estimate of drug-likeness (QED) is 0.726. The molecule has 0 aliphatic carbocycles. The third kappa shape index (κ3) is 3.33. The average Bonchev–Trinajstić information content (AvgIpc) is 2.53. The number of aromatic nitrogens is 3. The average molecular weight is 275 g/mol. The summed E-state index contributed by atoms with van der Waals surface area (Å²) in [7, 11) is 3.19. The summed E-state index contributed by atoms with van der Waals surface area (Å²) in [6.45, 7) is -0.0765. The molecule has 7 heteroatoms. The fourth-order valence-corrected chi connectivity index (χ4v) is 1.70. The number of aliphatic hydroxyl groups excluding tert-OH is 1. The molecule has 0 aliphatic heterocycles. The lowest BCUT2D eigenvalue weighted by Gasteiger charge is -2.17. The van der Waals surface area contributed by atoms with Gasteiger partial charge in [0.15, 0.2) is 0 Å². The zero-order valence-corrected chi connectivity index (χ0v) is 11.4. The molecule has 2 rings (SSSR count). The molecule has 20 heavy (non-hydrogen) atoms. The lowest BCUT2D eigenvalue weighted by atomic mass is 10.1. The van der Waals surface area contributed by atoms with Gasteiger partial charge in [-0.05, 0) is 5.56 Å². The first kappa shape index (κ1) is 14.0. The van der Waals surface area contributed by atoms with E-state index in [2.05, 4.69) is 25.6 Å². The summed E-state index contributed by atoms with van der Waals surface area (Å²) in [4.78, 5) is 12.3. The van der Waals surface area contributed by atoms with Crippen molar-refractivity contribution in [2.45, 2.75) is 6.04 Å². The molecule has 0 saturated heterocycles. The van der Waals surface area contributed by atoms with Crippen LogP contribution in [0.1, 0.15) is 11.6 Å². The summed E-state index contributed by atoms with van der Waals surface area (Å²) < 4.78 is 5.01. The molecule has 3 N–H and O–H groups in total. The van der Waals surface area contributed by atoms with Crippen LogP contribution in [-0.4, -0.2) is 40.8 Å². The molecule has 7 nitrogen and oxygen atoms in total. The highest BCUT2D eigenvalue weighted by atomic mass is 16.5. The first-order valence-corrected chi connectivity index (χ1v) is 6.17. The second-order valence-corrected chi connectivity index (χ2v) is 4.01. The Bertz CT molecular complexity index is 527. The van der Waals surface area contributed by atoms with Crippen molar-refractivity contribution in [1.29, 1.82) is 0 Å². The summed E-state index contributed by atoms with van der Waals surface area (Å²) >= 11 is 0. The fourth-order valence-electron chi connectivity index (χ4n) is 1.70. The van der Waals surface area contributed by atoms with Crippen LogP contribution in [0.4, 0.5) is 11.9 Å². The number of benzene rings is 1. The van der Waals surface area contributed by atoms with Crippen molar-refractivity contribution < 1.29 is 9.84 Å². The van der Waals surface area contributed by atoms with Crippen molar-refractivity contribution in [2.75, 3.05) is 31.4 Å². The Labute approximate surface area is 117 Å². The van der Waals surface area contributed by atoms with Gasteiger partial charge in [-0.25, -0.2) is 0 Å². The van der Waals surface area contributed by atoms with E-state index in [0.717, 1.165) is 5.56 Å². The van der Waals surface area contributed by atoms with Crippen LogP contribution >= 0.6 is 0 Å². The van der Waals surface area contributed by atoms with Gasteiger partial charge in [-0.1, -0.05) is 30.3 Å². The number of nitrogens with zero attached hydrogens (tertiary/aromatic N) is 3. The first-order chi connectivity index (χ1) is 9.76. The van der Waals surface area contributed by atoms with Crippen molar-refractivity contribution in [3.05, 3.63) is 35.9 Å². The van der Waals surface area contributed by atoms with E-state index in [1.807, 2.05) is 30.3 Å². The van der Waals surface area contributed by atoms with Crippen LogP contribution in [0, 0.1) is 0 Å². The normalized spacial score (nSPS) is 11.8. The van der Waals surface area contributed by atoms with E-state index in [1.165, 1.54) is 7.11 Å². The third-order valence-electron chi connectivity index (χ3n) is 2.71. The van der Waals surface area contributed by atoms with Crippen LogP contribution in [0.15, 0.2) is 30.3 Å². The minimum absolute atomic E-state index is 0.0765. The molecule has 1 atom stereocenters. The van der Waals surface area contributed by atoms with E-state index in [4.69, 9.17) is 4.74 Å². The molecule has 106 valence electrons. The van der Waals surface area contributed by atoms with Crippen molar-refractivity contribution >= 4 is 11.9 Å². The van der Waals surface area contributed by atoms with E-state index in [-0.39, 0.29) is 18.7 Å². The van der Waals surface area contributed by atoms with Gasteiger partial charge in [-0.3, -0.25) is 0 Å². The van der Waals surface area contributed by atoms with Crippen LogP contribution < -0.4 is 15.4 Å². The van der Waals surface area contributed by atoms with Crippen molar-refractivity contribution in [3.63, 3.8) is 0 Å². The summed E-state index contributed by atoms with van der Waals surface area (Å²) in [5.41, 5.74) is 0.945. The first-order valence-electron chi connectivity index (χ1n) is 6.17. The summed E-state index contributed by atoms with van der Waals surface area (Å²) in [5.74, 6) is 0.730. The van der Waals surface area contributed by atoms with Crippen LogP contribution in [0.3, 0.4) is 0 Å². The molecule has 0 saturated carbocycles. The predicted octanol–water partition coefficient (Wildman–Crippen LogP) is 1.07. The number of ether oxygens (including phenoxy) is 1. The standard InChI is InChI=1S/C13H17N5O2/c1-14-11-16-12(18-13(17-11)20-2)15-10(8-19)9-6-4-3-5-7-9/h3-7,10,19H,8H2,1-2H3,(H2,14,15,16,17,18). The Morgan fingerprint density at radius 3 is 2.45 bits per heavy atom. The monoisotopic (exact) mass is 275 g/mol. The lowest BCUT2D eigenvalue weighted by Crippen LogP contribution is -2.17. The summed E-state index contributed by atoms with van der Waals surface area (Å²) in [5, 5.41) is 15.4. The van der Waals surface area contributed by atoms with Crippen LogP contribution in [0.5, 0.6) is 6.01 Å². The molecule has 0 radical (unpaired) electrons. The SMILES string of the molecule is CNc1nc(NC(CO)c2ccccc2)nc(OC)n1. The molecule has 0 bridgehead atoms. The summed E-state index contributed by atoms with van der Waals surface area (Å²) in [6.07, 6.45) is 0.